The van der Waals surface area contributed by atoms with Crippen LogP contribution in [0.1, 0.15) is 6.92 Å². The summed E-state index contributed by atoms with van der Waals surface area (Å²) < 4.78 is 0.583. The molecule has 0 spiro atoms. The summed E-state index contributed by atoms with van der Waals surface area (Å²) in [5, 5.41) is 5.14. The quantitative estimate of drug-likeness (QED) is 0.842. The number of nitrogens with one attached hydrogen (secondary N) is 1. The molecule has 0 saturated heterocycles. The first-order valence-electron chi connectivity index (χ1n) is 4.11. The number of thiazole rings is 1. The maximum atomic E-state index is 5.70. The zero-order valence-electron chi connectivity index (χ0n) is 8.04. The fourth-order valence-electron chi connectivity index (χ4n) is 0.768. The van der Waals surface area contributed by atoms with Crippen LogP contribution in [0.2, 0.25) is 4.47 Å². The van der Waals surface area contributed by atoms with Crippen molar-refractivity contribution < 1.29 is 0 Å². The van der Waals surface area contributed by atoms with Crippen molar-refractivity contribution in [2.45, 2.75) is 13.0 Å². The van der Waals surface area contributed by atoms with Crippen molar-refractivity contribution in [3.8, 4) is 0 Å². The van der Waals surface area contributed by atoms with E-state index in [1.54, 1.807) is 0 Å². The van der Waals surface area contributed by atoms with Gasteiger partial charge in [0.25, 0.3) is 0 Å². The topological polar surface area (TPSA) is 28.2 Å². The normalized spacial score (nSPS) is 13.3. The summed E-state index contributed by atoms with van der Waals surface area (Å²) in [6.45, 7) is 3.04. The van der Waals surface area contributed by atoms with E-state index in [2.05, 4.69) is 36.2 Å². The van der Waals surface area contributed by atoms with Gasteiger partial charge in [-0.05, 0) is 21.0 Å². The highest BCUT2D eigenvalue weighted by Crippen LogP contribution is 2.18. The van der Waals surface area contributed by atoms with Crippen molar-refractivity contribution in [1.29, 1.82) is 0 Å². The number of rotatable bonds is 4. The summed E-state index contributed by atoms with van der Waals surface area (Å²) in [6, 6.07) is 0.487. The van der Waals surface area contributed by atoms with Gasteiger partial charge in [-0.2, -0.15) is 0 Å². The van der Waals surface area contributed by atoms with Crippen LogP contribution in [0.15, 0.2) is 5.38 Å². The van der Waals surface area contributed by atoms with E-state index in [-0.39, 0.29) is 0 Å². The molecule has 0 radical (unpaired) electrons. The van der Waals surface area contributed by atoms with Gasteiger partial charge in [-0.25, -0.2) is 4.98 Å². The molecule has 0 bridgehead atoms. The fourth-order valence-corrected chi connectivity index (χ4v) is 1.49. The Bertz CT molecular complexity index is 262. The average Bonchev–Trinajstić information content (AvgIpc) is 2.47. The van der Waals surface area contributed by atoms with Crippen molar-refractivity contribution in [3.63, 3.8) is 0 Å². The minimum absolute atomic E-state index is 0.487. The maximum Gasteiger partial charge on any atom is 0.185 e. The maximum absolute atomic E-state index is 5.70. The molecule has 1 N–H and O–H groups in total. The molecule has 3 nitrogen and oxygen atoms in total. The number of likely N-dealkylation sites (N-methyl/N-ethyl adjacent to an activating group) is 1. The Morgan fingerprint density at radius 3 is 2.85 bits per heavy atom. The first-order chi connectivity index (χ1) is 6.09. The fraction of sp³-hybridized carbons (Fsp3) is 0.625. The molecule has 0 aliphatic carbocycles. The minimum atomic E-state index is 0.487. The van der Waals surface area contributed by atoms with E-state index < -0.39 is 0 Å². The van der Waals surface area contributed by atoms with Crippen LogP contribution in [0, 0.1) is 0 Å². The third kappa shape index (κ3) is 3.50. The highest BCUT2D eigenvalue weighted by Gasteiger charge is 2.04. The van der Waals surface area contributed by atoms with Crippen molar-refractivity contribution >= 4 is 28.8 Å². The second kappa shape index (κ2) is 4.79. The first kappa shape index (κ1) is 10.8. The Morgan fingerprint density at radius 2 is 2.38 bits per heavy atom. The summed E-state index contributed by atoms with van der Waals surface area (Å²) in [5.41, 5.74) is 0. The van der Waals surface area contributed by atoms with E-state index in [0.717, 1.165) is 12.4 Å². The van der Waals surface area contributed by atoms with E-state index in [1.165, 1.54) is 11.3 Å². The second-order valence-electron chi connectivity index (χ2n) is 3.18. The van der Waals surface area contributed by atoms with Crippen LogP contribution in [-0.2, 0) is 0 Å². The van der Waals surface area contributed by atoms with E-state index in [4.69, 9.17) is 11.6 Å². The van der Waals surface area contributed by atoms with Crippen LogP contribution >= 0.6 is 22.9 Å². The lowest BCUT2D eigenvalue weighted by molar-refractivity contribution is 0.326. The Kier molecular flexibility index (Phi) is 3.96. The summed E-state index contributed by atoms with van der Waals surface area (Å²) >= 11 is 7.14. The van der Waals surface area contributed by atoms with Gasteiger partial charge in [0.1, 0.15) is 5.82 Å². The second-order valence-corrected chi connectivity index (χ2v) is 4.62. The molecule has 1 heterocycles. The lowest BCUT2D eigenvalue weighted by atomic mass is 10.3. The van der Waals surface area contributed by atoms with Gasteiger partial charge in [0.15, 0.2) is 4.47 Å². The molecule has 0 amide bonds. The predicted octanol–water partition coefficient (Wildman–Crippen LogP) is 2.16. The molecular formula is C8H14ClN3S. The van der Waals surface area contributed by atoms with Crippen LogP contribution in [0.25, 0.3) is 0 Å². The predicted molar refractivity (Wildman–Crippen MR) is 58.8 cm³/mol. The van der Waals surface area contributed by atoms with E-state index in [0.29, 0.717) is 10.5 Å². The number of hydrogen-bond donors (Lipinski definition) is 1. The molecule has 1 aromatic rings. The zero-order chi connectivity index (χ0) is 9.84. The highest BCUT2D eigenvalue weighted by atomic mass is 35.5. The monoisotopic (exact) mass is 219 g/mol. The van der Waals surface area contributed by atoms with Crippen LogP contribution in [0.3, 0.4) is 0 Å². The van der Waals surface area contributed by atoms with Gasteiger partial charge in [0.05, 0.1) is 0 Å². The summed E-state index contributed by atoms with van der Waals surface area (Å²) in [6.07, 6.45) is 0. The molecular weight excluding hydrogens is 206 g/mol. The molecule has 1 unspecified atom stereocenters. The van der Waals surface area contributed by atoms with Gasteiger partial charge >= 0.3 is 0 Å². The van der Waals surface area contributed by atoms with Crippen molar-refractivity contribution in [2.75, 3.05) is 26.0 Å². The number of anilines is 1. The third-order valence-corrected chi connectivity index (χ3v) is 2.91. The van der Waals surface area contributed by atoms with Crippen LogP contribution < -0.4 is 5.32 Å². The van der Waals surface area contributed by atoms with E-state index >= 15 is 0 Å². The lowest BCUT2D eigenvalue weighted by Crippen LogP contribution is -2.31. The molecule has 0 fully saturated rings. The number of aromatic nitrogens is 1. The van der Waals surface area contributed by atoms with Crippen LogP contribution in [0.5, 0.6) is 0 Å². The summed E-state index contributed by atoms with van der Waals surface area (Å²) in [7, 11) is 4.11. The molecule has 74 valence electrons. The molecule has 5 heteroatoms. The molecule has 1 atom stereocenters. The molecule has 0 saturated carbocycles. The Balaban J connectivity index is 2.35. The highest BCUT2D eigenvalue weighted by molar-refractivity contribution is 7.14. The Labute approximate surface area is 87.7 Å². The standard InChI is InChI=1S/C8H14ClN3S/c1-6(12(2)3)4-10-7-5-13-8(9)11-7/h5-6,10H,4H2,1-3H3. The van der Waals surface area contributed by atoms with Crippen molar-refractivity contribution in [1.82, 2.24) is 9.88 Å². The average molecular weight is 220 g/mol. The van der Waals surface area contributed by atoms with Gasteiger partial charge < -0.3 is 10.2 Å². The molecule has 13 heavy (non-hydrogen) atoms. The van der Waals surface area contributed by atoms with Gasteiger partial charge in [0, 0.05) is 18.0 Å². The molecule has 0 aliphatic heterocycles. The van der Waals surface area contributed by atoms with Gasteiger partial charge in [-0.3, -0.25) is 0 Å². The van der Waals surface area contributed by atoms with Gasteiger partial charge in [-0.1, -0.05) is 11.6 Å². The SMILES string of the molecule is CC(CNc1csc(Cl)n1)N(C)C. The largest absolute Gasteiger partial charge is 0.368 e. The molecule has 0 aliphatic rings. The van der Waals surface area contributed by atoms with Gasteiger partial charge in [0.2, 0.25) is 0 Å². The lowest BCUT2D eigenvalue weighted by Gasteiger charge is -2.19. The van der Waals surface area contributed by atoms with E-state index in [9.17, 15) is 0 Å². The Hall–Kier alpha value is -0.320. The van der Waals surface area contributed by atoms with Crippen LogP contribution in [-0.4, -0.2) is 36.6 Å². The van der Waals surface area contributed by atoms with Crippen molar-refractivity contribution in [3.05, 3.63) is 9.85 Å². The molecule has 1 rings (SSSR count). The Morgan fingerprint density at radius 1 is 1.69 bits per heavy atom. The zero-order valence-corrected chi connectivity index (χ0v) is 9.61. The smallest absolute Gasteiger partial charge is 0.185 e. The molecule has 0 aromatic carbocycles. The van der Waals surface area contributed by atoms with E-state index in [1.807, 2.05) is 5.38 Å². The van der Waals surface area contributed by atoms with Crippen molar-refractivity contribution in [2.24, 2.45) is 0 Å². The summed E-state index contributed by atoms with van der Waals surface area (Å²) in [5.74, 6) is 0.865. The third-order valence-electron chi connectivity index (χ3n) is 1.94. The summed E-state index contributed by atoms with van der Waals surface area (Å²) in [4.78, 5) is 6.25. The molecule has 1 aromatic heterocycles. The first-order valence-corrected chi connectivity index (χ1v) is 5.36. The number of nitrogens with zero attached hydrogens (tertiary/aromatic N) is 2. The number of hydrogen-bond acceptors (Lipinski definition) is 4. The van der Waals surface area contributed by atoms with Gasteiger partial charge in [-0.15, -0.1) is 11.3 Å². The minimum Gasteiger partial charge on any atom is -0.368 e. The number of halogens is 1. The van der Waals surface area contributed by atoms with Crippen LogP contribution in [0.4, 0.5) is 5.82 Å².